The van der Waals surface area contributed by atoms with Crippen molar-refractivity contribution in [1.82, 2.24) is 4.90 Å². The molecule has 2 aromatic rings. The highest BCUT2D eigenvalue weighted by molar-refractivity contribution is 6.31. The fourth-order valence-corrected chi connectivity index (χ4v) is 2.69. The van der Waals surface area contributed by atoms with Crippen LogP contribution in [0, 0.1) is 6.92 Å². The number of amides is 2. The molecule has 0 aliphatic heterocycles. The van der Waals surface area contributed by atoms with Gasteiger partial charge in [-0.25, -0.2) is 0 Å². The van der Waals surface area contributed by atoms with Crippen LogP contribution in [0.15, 0.2) is 42.5 Å². The predicted molar refractivity (Wildman–Crippen MR) is 106 cm³/mol. The minimum absolute atomic E-state index is 0.129. The molecule has 7 heteroatoms. The average molecular weight is 391 g/mol. The number of halogens is 1. The van der Waals surface area contributed by atoms with E-state index in [0.29, 0.717) is 22.2 Å². The Morgan fingerprint density at radius 1 is 1.22 bits per heavy atom. The van der Waals surface area contributed by atoms with Crippen molar-refractivity contribution in [3.63, 3.8) is 0 Å². The fourth-order valence-electron chi connectivity index (χ4n) is 2.51. The summed E-state index contributed by atoms with van der Waals surface area (Å²) < 4.78 is 10.9. The molecular formula is C20H23ClN2O4. The van der Waals surface area contributed by atoms with Crippen LogP contribution in [0.3, 0.4) is 0 Å². The molecule has 1 atom stereocenters. The maximum absolute atomic E-state index is 12.5. The zero-order chi connectivity index (χ0) is 20.0. The van der Waals surface area contributed by atoms with Gasteiger partial charge in [0.25, 0.3) is 5.91 Å². The molecule has 2 aromatic carbocycles. The van der Waals surface area contributed by atoms with Gasteiger partial charge in [-0.1, -0.05) is 23.7 Å². The summed E-state index contributed by atoms with van der Waals surface area (Å²) in [6, 6.07) is 12.3. The van der Waals surface area contributed by atoms with Crippen LogP contribution in [-0.4, -0.2) is 43.5 Å². The summed E-state index contributed by atoms with van der Waals surface area (Å²) in [5, 5.41) is 3.17. The van der Waals surface area contributed by atoms with Crippen molar-refractivity contribution in [3.8, 4) is 11.5 Å². The Morgan fingerprint density at radius 2 is 1.96 bits per heavy atom. The standard InChI is InChI=1S/C20H23ClN2O4/c1-13-6-5-7-16(10-13)27-14(2)20(25)23(3)12-19(24)22-17-11-15(21)8-9-18(17)26-4/h5-11,14H,12H2,1-4H3,(H,22,24)/t14-/m0/s1. The van der Waals surface area contributed by atoms with Crippen molar-refractivity contribution in [2.75, 3.05) is 26.0 Å². The van der Waals surface area contributed by atoms with E-state index < -0.39 is 6.10 Å². The molecule has 2 rings (SSSR count). The summed E-state index contributed by atoms with van der Waals surface area (Å²) in [4.78, 5) is 26.1. The summed E-state index contributed by atoms with van der Waals surface area (Å²) in [6.07, 6.45) is -0.717. The van der Waals surface area contributed by atoms with Crippen LogP contribution in [0.1, 0.15) is 12.5 Å². The first-order valence-electron chi connectivity index (χ1n) is 8.42. The number of likely N-dealkylation sites (N-methyl/N-ethyl adjacent to an activating group) is 1. The summed E-state index contributed by atoms with van der Waals surface area (Å²) in [5.74, 6) is 0.425. The van der Waals surface area contributed by atoms with Gasteiger partial charge in [0.05, 0.1) is 19.3 Å². The Labute approximate surface area is 164 Å². The minimum Gasteiger partial charge on any atom is -0.495 e. The molecule has 0 radical (unpaired) electrons. The Hall–Kier alpha value is -2.73. The van der Waals surface area contributed by atoms with E-state index >= 15 is 0 Å². The van der Waals surface area contributed by atoms with Gasteiger partial charge in [0.2, 0.25) is 5.91 Å². The van der Waals surface area contributed by atoms with Gasteiger partial charge in [-0.3, -0.25) is 9.59 Å². The summed E-state index contributed by atoms with van der Waals surface area (Å²) >= 11 is 5.96. The Morgan fingerprint density at radius 3 is 2.63 bits per heavy atom. The number of nitrogens with zero attached hydrogens (tertiary/aromatic N) is 1. The fraction of sp³-hybridized carbons (Fsp3) is 0.300. The van der Waals surface area contributed by atoms with E-state index in [2.05, 4.69) is 5.32 Å². The number of rotatable bonds is 7. The topological polar surface area (TPSA) is 67.9 Å². The van der Waals surface area contributed by atoms with E-state index in [-0.39, 0.29) is 18.4 Å². The highest BCUT2D eigenvalue weighted by Crippen LogP contribution is 2.27. The smallest absolute Gasteiger partial charge is 0.263 e. The summed E-state index contributed by atoms with van der Waals surface area (Å²) in [5.41, 5.74) is 1.48. The number of methoxy groups -OCH3 is 1. The number of benzene rings is 2. The van der Waals surface area contributed by atoms with Gasteiger partial charge in [0.15, 0.2) is 6.10 Å². The second-order valence-corrected chi connectivity index (χ2v) is 6.60. The van der Waals surface area contributed by atoms with E-state index in [1.54, 1.807) is 38.2 Å². The van der Waals surface area contributed by atoms with E-state index in [9.17, 15) is 9.59 Å². The first kappa shape index (κ1) is 20.6. The van der Waals surface area contributed by atoms with Gasteiger partial charge in [-0.2, -0.15) is 0 Å². The third kappa shape index (κ3) is 5.89. The predicted octanol–water partition coefficient (Wildman–Crippen LogP) is 3.52. The number of anilines is 1. The molecule has 0 saturated heterocycles. The molecule has 27 heavy (non-hydrogen) atoms. The maximum Gasteiger partial charge on any atom is 0.263 e. The van der Waals surface area contributed by atoms with Gasteiger partial charge in [0, 0.05) is 12.1 Å². The largest absolute Gasteiger partial charge is 0.495 e. The monoisotopic (exact) mass is 390 g/mol. The third-order valence-corrected chi connectivity index (χ3v) is 4.08. The number of carbonyl (C=O) groups is 2. The van der Waals surface area contributed by atoms with E-state index in [1.165, 1.54) is 12.0 Å². The Bertz CT molecular complexity index is 825. The molecule has 0 spiro atoms. The van der Waals surface area contributed by atoms with Gasteiger partial charge in [-0.05, 0) is 49.7 Å². The molecular weight excluding hydrogens is 368 g/mol. The van der Waals surface area contributed by atoms with Gasteiger partial charge in [-0.15, -0.1) is 0 Å². The lowest BCUT2D eigenvalue weighted by Crippen LogP contribution is -2.42. The van der Waals surface area contributed by atoms with Crippen LogP contribution >= 0.6 is 11.6 Å². The highest BCUT2D eigenvalue weighted by Gasteiger charge is 2.21. The second kappa shape index (κ2) is 9.28. The highest BCUT2D eigenvalue weighted by atomic mass is 35.5. The first-order chi connectivity index (χ1) is 12.8. The quantitative estimate of drug-likeness (QED) is 0.785. The van der Waals surface area contributed by atoms with E-state index in [1.807, 2.05) is 25.1 Å². The normalized spacial score (nSPS) is 11.4. The number of carbonyl (C=O) groups excluding carboxylic acids is 2. The number of ether oxygens (including phenoxy) is 2. The molecule has 0 heterocycles. The van der Waals surface area contributed by atoms with Crippen LogP contribution < -0.4 is 14.8 Å². The van der Waals surface area contributed by atoms with Crippen LogP contribution in [0.25, 0.3) is 0 Å². The van der Waals surface area contributed by atoms with Crippen LogP contribution in [0.2, 0.25) is 5.02 Å². The van der Waals surface area contributed by atoms with E-state index in [0.717, 1.165) is 5.56 Å². The molecule has 0 unspecified atom stereocenters. The van der Waals surface area contributed by atoms with Crippen LogP contribution in [-0.2, 0) is 9.59 Å². The minimum atomic E-state index is -0.717. The van der Waals surface area contributed by atoms with Gasteiger partial charge in [0.1, 0.15) is 11.5 Å². The van der Waals surface area contributed by atoms with Crippen molar-refractivity contribution < 1.29 is 19.1 Å². The molecule has 0 fully saturated rings. The van der Waals surface area contributed by atoms with Crippen molar-refractivity contribution in [3.05, 3.63) is 53.1 Å². The number of nitrogens with one attached hydrogen (secondary N) is 1. The van der Waals surface area contributed by atoms with Crippen molar-refractivity contribution >= 4 is 29.1 Å². The zero-order valence-electron chi connectivity index (χ0n) is 15.8. The summed E-state index contributed by atoms with van der Waals surface area (Å²) in [7, 11) is 3.05. The number of hydrogen-bond donors (Lipinski definition) is 1. The Balaban J connectivity index is 1.95. The van der Waals surface area contributed by atoms with E-state index in [4.69, 9.17) is 21.1 Å². The molecule has 0 aliphatic carbocycles. The SMILES string of the molecule is COc1ccc(Cl)cc1NC(=O)CN(C)C(=O)[C@H](C)Oc1cccc(C)c1. The molecule has 144 valence electrons. The van der Waals surface area contributed by atoms with Crippen molar-refractivity contribution in [2.45, 2.75) is 20.0 Å². The second-order valence-electron chi connectivity index (χ2n) is 6.16. The molecule has 0 saturated carbocycles. The van der Waals surface area contributed by atoms with Crippen molar-refractivity contribution in [2.24, 2.45) is 0 Å². The van der Waals surface area contributed by atoms with Gasteiger partial charge < -0.3 is 19.7 Å². The number of hydrogen-bond acceptors (Lipinski definition) is 4. The third-order valence-electron chi connectivity index (χ3n) is 3.84. The van der Waals surface area contributed by atoms with Crippen LogP contribution in [0.5, 0.6) is 11.5 Å². The lowest BCUT2D eigenvalue weighted by molar-refractivity contribution is -0.139. The lowest BCUT2D eigenvalue weighted by Gasteiger charge is -2.22. The number of aryl methyl sites for hydroxylation is 1. The average Bonchev–Trinajstić information content (AvgIpc) is 2.61. The molecule has 1 N–H and O–H groups in total. The molecule has 0 aliphatic rings. The zero-order valence-corrected chi connectivity index (χ0v) is 16.5. The van der Waals surface area contributed by atoms with Gasteiger partial charge >= 0.3 is 0 Å². The molecule has 2 amide bonds. The van der Waals surface area contributed by atoms with Crippen LogP contribution in [0.4, 0.5) is 5.69 Å². The molecule has 0 bridgehead atoms. The first-order valence-corrected chi connectivity index (χ1v) is 8.79. The maximum atomic E-state index is 12.5. The molecule has 0 aromatic heterocycles. The molecule has 6 nitrogen and oxygen atoms in total. The summed E-state index contributed by atoms with van der Waals surface area (Å²) in [6.45, 7) is 3.47. The van der Waals surface area contributed by atoms with Crippen molar-refractivity contribution in [1.29, 1.82) is 0 Å². The lowest BCUT2D eigenvalue weighted by atomic mass is 10.2. The Kier molecular flexibility index (Phi) is 7.07.